The Morgan fingerprint density at radius 1 is 1.27 bits per heavy atom. The second kappa shape index (κ2) is 8.05. The van der Waals surface area contributed by atoms with Crippen molar-refractivity contribution in [1.29, 1.82) is 0 Å². The van der Waals surface area contributed by atoms with Gasteiger partial charge in [0.2, 0.25) is 5.91 Å². The minimum Gasteiger partial charge on any atom is -0.467 e. The molecule has 0 bridgehead atoms. The fourth-order valence-electron chi connectivity index (χ4n) is 2.66. The fourth-order valence-corrected chi connectivity index (χ4v) is 2.78. The van der Waals surface area contributed by atoms with Crippen LogP contribution in [-0.2, 0) is 25.7 Å². The summed E-state index contributed by atoms with van der Waals surface area (Å²) in [5.41, 5.74) is 0.552. The van der Waals surface area contributed by atoms with Crippen molar-refractivity contribution >= 4 is 35.1 Å². The highest BCUT2D eigenvalue weighted by molar-refractivity contribution is 6.30. The molecule has 7 nitrogen and oxygen atoms in total. The molecule has 1 saturated heterocycles. The summed E-state index contributed by atoms with van der Waals surface area (Å²) in [5.74, 6) is -1.10. The van der Waals surface area contributed by atoms with Crippen molar-refractivity contribution in [3.05, 3.63) is 53.4 Å². The number of ether oxygens (including phenoxy) is 1. The first-order valence-electron chi connectivity index (χ1n) is 8.03. The number of nitrogens with one attached hydrogen (secondary N) is 1. The molecule has 1 aromatic carbocycles. The van der Waals surface area contributed by atoms with Crippen LogP contribution in [0.15, 0.2) is 47.1 Å². The van der Waals surface area contributed by atoms with Crippen LogP contribution in [0.25, 0.3) is 0 Å². The van der Waals surface area contributed by atoms with Gasteiger partial charge in [0.25, 0.3) is 5.91 Å². The van der Waals surface area contributed by atoms with Crippen LogP contribution < -0.4 is 5.32 Å². The van der Waals surface area contributed by atoms with E-state index in [4.69, 9.17) is 20.8 Å². The van der Waals surface area contributed by atoms with Crippen LogP contribution in [0, 0.1) is 5.92 Å². The highest BCUT2D eigenvalue weighted by Gasteiger charge is 2.35. The smallest absolute Gasteiger partial charge is 0.311 e. The zero-order chi connectivity index (χ0) is 18.5. The number of amides is 2. The highest BCUT2D eigenvalue weighted by atomic mass is 35.5. The molecule has 2 heterocycles. The molecule has 2 amide bonds. The predicted molar refractivity (Wildman–Crippen MR) is 93.3 cm³/mol. The van der Waals surface area contributed by atoms with Crippen molar-refractivity contribution in [2.45, 2.75) is 13.0 Å². The number of anilines is 1. The third kappa shape index (κ3) is 4.64. The molecule has 1 fully saturated rings. The van der Waals surface area contributed by atoms with Gasteiger partial charge in [-0.25, -0.2) is 0 Å². The van der Waals surface area contributed by atoms with Crippen LogP contribution in [0.3, 0.4) is 0 Å². The van der Waals surface area contributed by atoms with Gasteiger partial charge in [-0.05, 0) is 36.4 Å². The molecule has 0 spiro atoms. The van der Waals surface area contributed by atoms with E-state index in [-0.39, 0.29) is 18.9 Å². The van der Waals surface area contributed by atoms with Gasteiger partial charge in [-0.3, -0.25) is 14.4 Å². The summed E-state index contributed by atoms with van der Waals surface area (Å²) < 4.78 is 10.2. The van der Waals surface area contributed by atoms with E-state index >= 15 is 0 Å². The van der Waals surface area contributed by atoms with Gasteiger partial charge >= 0.3 is 5.97 Å². The van der Waals surface area contributed by atoms with E-state index in [2.05, 4.69) is 5.32 Å². The number of likely N-dealkylation sites (tertiary alicyclic amines) is 1. The summed E-state index contributed by atoms with van der Waals surface area (Å²) in [6.45, 7) is 0.147. The number of hydrogen-bond donors (Lipinski definition) is 1. The van der Waals surface area contributed by atoms with E-state index in [0.717, 1.165) is 0 Å². The average Bonchev–Trinajstić information content (AvgIpc) is 3.25. The molecule has 136 valence electrons. The van der Waals surface area contributed by atoms with Gasteiger partial charge in [-0.1, -0.05) is 11.6 Å². The number of esters is 1. The number of rotatable bonds is 6. The third-order valence-electron chi connectivity index (χ3n) is 3.95. The van der Waals surface area contributed by atoms with E-state index in [1.807, 2.05) is 0 Å². The van der Waals surface area contributed by atoms with E-state index < -0.39 is 24.4 Å². The molecule has 0 saturated carbocycles. The van der Waals surface area contributed by atoms with Crippen molar-refractivity contribution in [3.8, 4) is 0 Å². The minimum atomic E-state index is -0.583. The maximum Gasteiger partial charge on any atom is 0.311 e. The zero-order valence-electron chi connectivity index (χ0n) is 13.8. The monoisotopic (exact) mass is 376 g/mol. The van der Waals surface area contributed by atoms with Gasteiger partial charge in [0.15, 0.2) is 6.61 Å². The average molecular weight is 377 g/mol. The van der Waals surface area contributed by atoms with Gasteiger partial charge in [0.1, 0.15) is 5.76 Å². The summed E-state index contributed by atoms with van der Waals surface area (Å²) >= 11 is 5.77. The first kappa shape index (κ1) is 18.0. The largest absolute Gasteiger partial charge is 0.467 e. The standard InChI is InChI=1S/C18H17ClN2O5/c19-13-3-5-14(6-4-13)20-16(22)11-26-18(24)12-8-17(23)21(9-12)10-15-2-1-7-25-15/h1-7,12H,8-11H2,(H,20,22)/t12-/m0/s1. The second-order valence-corrected chi connectivity index (χ2v) is 6.35. The number of halogens is 1. The van der Waals surface area contributed by atoms with E-state index in [0.29, 0.717) is 23.0 Å². The summed E-state index contributed by atoms with van der Waals surface area (Å²) in [6.07, 6.45) is 1.60. The lowest BCUT2D eigenvalue weighted by Gasteiger charge is -2.14. The second-order valence-electron chi connectivity index (χ2n) is 5.92. The maximum absolute atomic E-state index is 12.1. The minimum absolute atomic E-state index is 0.0678. The number of furan rings is 1. The molecular formula is C18H17ClN2O5. The first-order valence-corrected chi connectivity index (χ1v) is 8.41. The van der Waals surface area contributed by atoms with E-state index in [1.54, 1.807) is 41.3 Å². The van der Waals surface area contributed by atoms with Gasteiger partial charge < -0.3 is 19.4 Å². The molecule has 1 aliphatic heterocycles. The highest BCUT2D eigenvalue weighted by Crippen LogP contribution is 2.21. The summed E-state index contributed by atoms with van der Waals surface area (Å²) in [4.78, 5) is 37.5. The molecule has 1 aliphatic rings. The van der Waals surface area contributed by atoms with Crippen molar-refractivity contribution in [1.82, 2.24) is 4.90 Å². The van der Waals surface area contributed by atoms with E-state index in [9.17, 15) is 14.4 Å². The SMILES string of the molecule is O=C(COC(=O)[C@H]1CC(=O)N(Cc2ccco2)C1)Nc1ccc(Cl)cc1. The molecule has 0 aliphatic carbocycles. The van der Waals surface area contributed by atoms with Crippen LogP contribution in [0.4, 0.5) is 5.69 Å². The van der Waals surface area contributed by atoms with Crippen LogP contribution in [0.1, 0.15) is 12.2 Å². The lowest BCUT2D eigenvalue weighted by atomic mass is 10.1. The van der Waals surface area contributed by atoms with Crippen molar-refractivity contribution in [3.63, 3.8) is 0 Å². The zero-order valence-corrected chi connectivity index (χ0v) is 14.6. The molecule has 8 heteroatoms. The number of benzene rings is 1. The van der Waals surface area contributed by atoms with Crippen LogP contribution in [0.2, 0.25) is 5.02 Å². The fraction of sp³-hybridized carbons (Fsp3) is 0.278. The normalized spacial score (nSPS) is 16.6. The summed E-state index contributed by atoms with van der Waals surface area (Å²) in [6, 6.07) is 10.1. The molecule has 3 rings (SSSR count). The number of hydrogen-bond acceptors (Lipinski definition) is 5. The van der Waals surface area contributed by atoms with E-state index in [1.165, 1.54) is 6.26 Å². The number of carbonyl (C=O) groups excluding carboxylic acids is 3. The quantitative estimate of drug-likeness (QED) is 0.782. The Labute approximate surface area is 154 Å². The Morgan fingerprint density at radius 2 is 2.04 bits per heavy atom. The van der Waals surface area contributed by atoms with Crippen molar-refractivity contribution in [2.24, 2.45) is 5.92 Å². The Hall–Kier alpha value is -2.80. The Kier molecular flexibility index (Phi) is 5.58. The van der Waals surface area contributed by atoms with Gasteiger partial charge in [0.05, 0.1) is 18.7 Å². The number of carbonyl (C=O) groups is 3. The summed E-state index contributed by atoms with van der Waals surface area (Å²) in [7, 11) is 0. The molecule has 1 aromatic heterocycles. The Bertz CT molecular complexity index is 788. The molecule has 1 N–H and O–H groups in total. The molecule has 0 unspecified atom stereocenters. The molecule has 26 heavy (non-hydrogen) atoms. The van der Waals surface area contributed by atoms with Crippen molar-refractivity contribution in [2.75, 3.05) is 18.5 Å². The van der Waals surface area contributed by atoms with Crippen LogP contribution >= 0.6 is 11.6 Å². The first-order chi connectivity index (χ1) is 12.5. The van der Waals surface area contributed by atoms with Crippen LogP contribution in [-0.4, -0.2) is 35.8 Å². The maximum atomic E-state index is 12.1. The lowest BCUT2D eigenvalue weighted by molar-refractivity contribution is -0.151. The van der Waals surface area contributed by atoms with Gasteiger partial charge in [0, 0.05) is 23.7 Å². The predicted octanol–water partition coefficient (Wildman–Crippen LogP) is 2.46. The number of nitrogens with zero attached hydrogens (tertiary/aromatic N) is 1. The Balaban J connectivity index is 1.45. The third-order valence-corrected chi connectivity index (χ3v) is 4.20. The molecule has 0 radical (unpaired) electrons. The van der Waals surface area contributed by atoms with Crippen molar-refractivity contribution < 1.29 is 23.5 Å². The molecule has 2 aromatic rings. The molecular weight excluding hydrogens is 360 g/mol. The lowest BCUT2D eigenvalue weighted by Crippen LogP contribution is -2.28. The van der Waals surface area contributed by atoms with Crippen LogP contribution in [0.5, 0.6) is 0 Å². The van der Waals surface area contributed by atoms with Gasteiger partial charge in [-0.2, -0.15) is 0 Å². The van der Waals surface area contributed by atoms with Gasteiger partial charge in [-0.15, -0.1) is 0 Å². The Morgan fingerprint density at radius 3 is 2.73 bits per heavy atom. The topological polar surface area (TPSA) is 88.9 Å². The molecule has 1 atom stereocenters. The summed E-state index contributed by atoms with van der Waals surface area (Å²) in [5, 5.41) is 3.15.